The summed E-state index contributed by atoms with van der Waals surface area (Å²) in [5, 5.41) is 8.66. The quantitative estimate of drug-likeness (QED) is 0.319. The van der Waals surface area contributed by atoms with Gasteiger partial charge in [0.15, 0.2) is 5.17 Å². The van der Waals surface area contributed by atoms with E-state index in [0.29, 0.717) is 5.17 Å². The maximum atomic E-state index is 10.4. The third-order valence-corrected chi connectivity index (χ3v) is 1.51. The number of carbonyl (C=O) groups excluding carboxylic acids is 1. The number of amidine groups is 1. The lowest BCUT2D eigenvalue weighted by molar-refractivity contribution is -0.135. The van der Waals surface area contributed by atoms with Crippen LogP contribution in [0.3, 0.4) is 0 Å². The Kier molecular flexibility index (Phi) is 5.69. The Hall–Kier alpha value is -1.24. The van der Waals surface area contributed by atoms with Crippen molar-refractivity contribution in [3.05, 3.63) is 0 Å². The highest BCUT2D eigenvalue weighted by atomic mass is 32.2. The molecule has 0 unspecified atom stereocenters. The number of hydrogen-bond acceptors (Lipinski definition) is 4. The van der Waals surface area contributed by atoms with E-state index in [0.717, 1.165) is 0 Å². The van der Waals surface area contributed by atoms with Crippen molar-refractivity contribution in [2.45, 2.75) is 6.92 Å². The predicted octanol–water partition coefficient (Wildman–Crippen LogP) is -0.569. The molecule has 0 heterocycles. The Bertz CT molecular complexity index is 229. The van der Waals surface area contributed by atoms with Gasteiger partial charge < -0.3 is 5.11 Å². The van der Waals surface area contributed by atoms with Gasteiger partial charge in [0.1, 0.15) is 6.54 Å². The van der Waals surface area contributed by atoms with Gasteiger partial charge in [-0.25, -0.2) is 4.99 Å². The van der Waals surface area contributed by atoms with Crippen molar-refractivity contribution in [3.63, 3.8) is 0 Å². The molecule has 0 aliphatic carbocycles. The van der Waals surface area contributed by atoms with Crippen LogP contribution in [0.5, 0.6) is 0 Å². The van der Waals surface area contributed by atoms with E-state index in [1.165, 1.54) is 18.7 Å². The minimum absolute atomic E-state index is 0.267. The molecule has 6 nitrogen and oxygen atoms in total. The van der Waals surface area contributed by atoms with Crippen LogP contribution < -0.4 is 10.9 Å². The predicted molar refractivity (Wildman–Crippen MR) is 50.4 cm³/mol. The first-order valence-corrected chi connectivity index (χ1v) is 4.61. The molecule has 0 spiro atoms. The smallest absolute Gasteiger partial charge is 0.325 e. The number of nitrogens with zero attached hydrogens (tertiary/aromatic N) is 1. The summed E-state index contributed by atoms with van der Waals surface area (Å²) in [5.41, 5.74) is 4.76. The topological polar surface area (TPSA) is 90.8 Å². The first-order chi connectivity index (χ1) is 6.06. The van der Waals surface area contributed by atoms with Crippen LogP contribution in [0.4, 0.5) is 0 Å². The van der Waals surface area contributed by atoms with Crippen LogP contribution in [-0.4, -0.2) is 35.0 Å². The Balaban J connectivity index is 3.94. The van der Waals surface area contributed by atoms with Crippen LogP contribution in [0.15, 0.2) is 4.99 Å². The van der Waals surface area contributed by atoms with E-state index in [1.54, 1.807) is 6.26 Å². The summed E-state index contributed by atoms with van der Waals surface area (Å²) in [6, 6.07) is 0. The van der Waals surface area contributed by atoms with E-state index in [1.807, 2.05) is 0 Å². The molecule has 1 amide bonds. The minimum atomic E-state index is -1.02. The molecule has 0 aliphatic rings. The van der Waals surface area contributed by atoms with Gasteiger partial charge in [0.2, 0.25) is 5.91 Å². The van der Waals surface area contributed by atoms with Crippen molar-refractivity contribution in [3.8, 4) is 0 Å². The number of aliphatic carboxylic acids is 1. The molecular formula is C6H11N3O3S. The monoisotopic (exact) mass is 205 g/mol. The highest BCUT2D eigenvalue weighted by molar-refractivity contribution is 8.13. The van der Waals surface area contributed by atoms with Crippen LogP contribution in [0.25, 0.3) is 0 Å². The highest BCUT2D eigenvalue weighted by Gasteiger charge is 1.98. The van der Waals surface area contributed by atoms with Gasteiger partial charge in [0.05, 0.1) is 0 Å². The van der Waals surface area contributed by atoms with Gasteiger partial charge in [-0.05, 0) is 6.26 Å². The number of nitrogens with one attached hydrogen (secondary N) is 2. The Labute approximate surface area is 79.8 Å². The lowest BCUT2D eigenvalue weighted by Gasteiger charge is -2.05. The normalized spacial score (nSPS) is 10.8. The van der Waals surface area contributed by atoms with Gasteiger partial charge in [-0.3, -0.25) is 20.4 Å². The number of carboxylic acid groups (broad SMARTS) is 1. The van der Waals surface area contributed by atoms with Crippen molar-refractivity contribution < 1.29 is 14.7 Å². The summed E-state index contributed by atoms with van der Waals surface area (Å²) in [5.74, 6) is -1.28. The standard InChI is InChI=1S/C6H11N3O3S/c1-4(10)8-9-6(13-2)7-3-5(11)12/h3H2,1-2H3,(H,7,9)(H,8,10)(H,11,12). The molecule has 0 rings (SSSR count). The molecule has 0 saturated heterocycles. The summed E-state index contributed by atoms with van der Waals surface area (Å²) in [7, 11) is 0. The molecule has 0 bridgehead atoms. The second-order valence-corrected chi connectivity index (χ2v) is 2.82. The van der Waals surface area contributed by atoms with Crippen LogP contribution in [-0.2, 0) is 9.59 Å². The molecule has 0 aliphatic heterocycles. The zero-order valence-corrected chi connectivity index (χ0v) is 8.14. The number of carboxylic acids is 1. The number of carbonyl (C=O) groups is 2. The second kappa shape index (κ2) is 6.30. The van der Waals surface area contributed by atoms with E-state index in [4.69, 9.17) is 5.11 Å². The molecule has 0 fully saturated rings. The van der Waals surface area contributed by atoms with Crippen molar-refractivity contribution in [1.29, 1.82) is 0 Å². The third kappa shape index (κ3) is 7.13. The lowest BCUT2D eigenvalue weighted by atomic mass is 10.7. The second-order valence-electron chi connectivity index (χ2n) is 2.03. The number of hydrazine groups is 1. The summed E-state index contributed by atoms with van der Waals surface area (Å²) in [6.45, 7) is 1.02. The highest BCUT2D eigenvalue weighted by Crippen LogP contribution is 1.93. The van der Waals surface area contributed by atoms with Gasteiger partial charge in [-0.15, -0.1) is 0 Å². The van der Waals surface area contributed by atoms with Crippen LogP contribution in [0.2, 0.25) is 0 Å². The molecule has 7 heteroatoms. The van der Waals surface area contributed by atoms with Crippen LogP contribution >= 0.6 is 11.8 Å². The molecule has 0 radical (unpaired) electrons. The zero-order valence-electron chi connectivity index (χ0n) is 7.33. The molecule has 0 aromatic heterocycles. The van der Waals surface area contributed by atoms with E-state index >= 15 is 0 Å². The van der Waals surface area contributed by atoms with Crippen molar-refractivity contribution in [1.82, 2.24) is 10.9 Å². The molecular weight excluding hydrogens is 194 g/mol. The van der Waals surface area contributed by atoms with Gasteiger partial charge >= 0.3 is 5.97 Å². The van der Waals surface area contributed by atoms with Gasteiger partial charge in [0, 0.05) is 6.92 Å². The maximum absolute atomic E-state index is 10.4. The molecule has 0 atom stereocenters. The Morgan fingerprint density at radius 3 is 2.46 bits per heavy atom. The Morgan fingerprint density at radius 2 is 2.08 bits per heavy atom. The minimum Gasteiger partial charge on any atom is -0.480 e. The van der Waals surface area contributed by atoms with Crippen molar-refractivity contribution >= 4 is 28.8 Å². The first kappa shape index (κ1) is 11.8. The van der Waals surface area contributed by atoms with Gasteiger partial charge in [0.25, 0.3) is 0 Å². The Morgan fingerprint density at radius 1 is 1.46 bits per heavy atom. The first-order valence-electron chi connectivity index (χ1n) is 3.39. The summed E-state index contributed by atoms with van der Waals surface area (Å²) in [6.07, 6.45) is 1.72. The average Bonchev–Trinajstić information content (AvgIpc) is 2.04. The number of aliphatic imine (C=N–C) groups is 1. The van der Waals surface area contributed by atoms with Crippen LogP contribution in [0.1, 0.15) is 6.92 Å². The largest absolute Gasteiger partial charge is 0.480 e. The number of thioether (sulfide) groups is 1. The molecule has 0 saturated carbocycles. The molecule has 74 valence electrons. The fourth-order valence-electron chi connectivity index (χ4n) is 0.436. The van der Waals surface area contributed by atoms with Crippen LogP contribution in [0, 0.1) is 0 Å². The molecule has 13 heavy (non-hydrogen) atoms. The summed E-state index contributed by atoms with van der Waals surface area (Å²) in [4.78, 5) is 24.2. The number of hydrogen-bond donors (Lipinski definition) is 3. The molecule has 0 aromatic rings. The molecule has 3 N–H and O–H groups in total. The lowest BCUT2D eigenvalue weighted by Crippen LogP contribution is -2.39. The number of rotatable bonds is 2. The van der Waals surface area contributed by atoms with E-state index in [9.17, 15) is 9.59 Å². The fraction of sp³-hybridized carbons (Fsp3) is 0.500. The van der Waals surface area contributed by atoms with E-state index in [2.05, 4.69) is 15.8 Å². The zero-order chi connectivity index (χ0) is 10.3. The SMILES string of the molecule is CSC(=NCC(=O)O)NNC(C)=O. The van der Waals surface area contributed by atoms with E-state index < -0.39 is 5.97 Å². The maximum Gasteiger partial charge on any atom is 0.325 e. The number of amides is 1. The van der Waals surface area contributed by atoms with Crippen molar-refractivity contribution in [2.24, 2.45) is 4.99 Å². The fourth-order valence-corrected chi connectivity index (χ4v) is 0.783. The average molecular weight is 205 g/mol. The summed E-state index contributed by atoms with van der Waals surface area (Å²) >= 11 is 1.21. The van der Waals surface area contributed by atoms with Gasteiger partial charge in [-0.2, -0.15) is 0 Å². The van der Waals surface area contributed by atoms with Crippen molar-refractivity contribution in [2.75, 3.05) is 12.8 Å². The van der Waals surface area contributed by atoms with Gasteiger partial charge in [-0.1, -0.05) is 11.8 Å². The molecule has 0 aromatic carbocycles. The summed E-state index contributed by atoms with van der Waals surface area (Å²) < 4.78 is 0. The van der Waals surface area contributed by atoms with E-state index in [-0.39, 0.29) is 12.5 Å². The third-order valence-electron chi connectivity index (χ3n) is 0.897.